The average Bonchev–Trinajstić information content (AvgIpc) is 3.14. The molecule has 1 aliphatic rings. The molecule has 2 amide bonds. The zero-order valence-electron chi connectivity index (χ0n) is 20.3. The van der Waals surface area contributed by atoms with Crippen LogP contribution in [0.4, 0.5) is 0 Å². The Morgan fingerprint density at radius 3 is 2.61 bits per heavy atom. The number of ether oxygens (including phenoxy) is 1. The van der Waals surface area contributed by atoms with Crippen molar-refractivity contribution in [1.82, 2.24) is 20.4 Å². The summed E-state index contributed by atoms with van der Waals surface area (Å²) in [6.45, 7) is 6.86. The Bertz CT molecular complexity index is 957. The third kappa shape index (κ3) is 6.25. The van der Waals surface area contributed by atoms with E-state index in [9.17, 15) is 9.59 Å². The number of aliphatic hydroxyl groups excluding tert-OH is 1. The number of hydrogen-bond donors (Lipinski definition) is 3. The molecule has 1 aliphatic carbocycles. The van der Waals surface area contributed by atoms with E-state index >= 15 is 0 Å². The summed E-state index contributed by atoms with van der Waals surface area (Å²) in [5.74, 6) is 0.558. The summed E-state index contributed by atoms with van der Waals surface area (Å²) in [6.07, 6.45) is 6.59. The molecule has 182 valence electrons. The molecular weight excluding hydrogens is 420 g/mol. The van der Waals surface area contributed by atoms with Crippen LogP contribution in [0.15, 0.2) is 18.2 Å². The van der Waals surface area contributed by atoms with E-state index in [1.165, 1.54) is 32.1 Å². The maximum absolute atomic E-state index is 13.4. The SMILES string of the molecule is COc1ccc2c(c1)c(C(=O)NC(C(=O)NCCCO)C(C)(C)C)nn2CC1CCCCC1. The van der Waals surface area contributed by atoms with E-state index in [0.29, 0.717) is 30.3 Å². The van der Waals surface area contributed by atoms with Crippen molar-refractivity contribution in [2.75, 3.05) is 20.3 Å². The molecular formula is C25H38N4O4. The predicted molar refractivity (Wildman–Crippen MR) is 128 cm³/mol. The lowest BCUT2D eigenvalue weighted by Crippen LogP contribution is -2.53. The molecule has 0 aliphatic heterocycles. The molecule has 0 spiro atoms. The van der Waals surface area contributed by atoms with Gasteiger partial charge in [-0.2, -0.15) is 5.10 Å². The van der Waals surface area contributed by atoms with Crippen LogP contribution in [-0.4, -0.2) is 53.0 Å². The fourth-order valence-corrected chi connectivity index (χ4v) is 4.47. The Labute approximate surface area is 196 Å². The summed E-state index contributed by atoms with van der Waals surface area (Å²) < 4.78 is 7.33. The maximum atomic E-state index is 13.4. The van der Waals surface area contributed by atoms with Crippen LogP contribution in [-0.2, 0) is 11.3 Å². The van der Waals surface area contributed by atoms with Crippen molar-refractivity contribution in [3.05, 3.63) is 23.9 Å². The molecule has 2 aromatic rings. The van der Waals surface area contributed by atoms with Crippen LogP contribution in [0.2, 0.25) is 0 Å². The van der Waals surface area contributed by atoms with Crippen molar-refractivity contribution in [1.29, 1.82) is 0 Å². The van der Waals surface area contributed by atoms with Gasteiger partial charge in [0.2, 0.25) is 5.91 Å². The number of nitrogens with one attached hydrogen (secondary N) is 2. The zero-order valence-corrected chi connectivity index (χ0v) is 20.3. The van der Waals surface area contributed by atoms with Gasteiger partial charge in [-0.1, -0.05) is 40.0 Å². The quantitative estimate of drug-likeness (QED) is 0.500. The number of amides is 2. The van der Waals surface area contributed by atoms with Crippen LogP contribution >= 0.6 is 0 Å². The monoisotopic (exact) mass is 458 g/mol. The molecule has 1 unspecified atom stereocenters. The molecule has 1 fully saturated rings. The van der Waals surface area contributed by atoms with E-state index in [1.54, 1.807) is 7.11 Å². The van der Waals surface area contributed by atoms with Crippen LogP contribution in [0.25, 0.3) is 10.9 Å². The molecule has 8 heteroatoms. The summed E-state index contributed by atoms with van der Waals surface area (Å²) in [6, 6.07) is 4.93. The lowest BCUT2D eigenvalue weighted by Gasteiger charge is -2.30. The number of methoxy groups -OCH3 is 1. The number of aromatic nitrogens is 2. The van der Waals surface area contributed by atoms with Gasteiger partial charge < -0.3 is 20.5 Å². The lowest BCUT2D eigenvalue weighted by molar-refractivity contribution is -0.125. The first-order valence-electron chi connectivity index (χ1n) is 12.0. The molecule has 0 bridgehead atoms. The van der Waals surface area contributed by atoms with Gasteiger partial charge in [0, 0.05) is 25.1 Å². The van der Waals surface area contributed by atoms with E-state index in [0.717, 1.165) is 17.4 Å². The van der Waals surface area contributed by atoms with Gasteiger partial charge in [-0.3, -0.25) is 14.3 Å². The van der Waals surface area contributed by atoms with Crippen molar-refractivity contribution in [2.45, 2.75) is 71.9 Å². The van der Waals surface area contributed by atoms with Crippen molar-refractivity contribution < 1.29 is 19.4 Å². The Morgan fingerprint density at radius 2 is 1.97 bits per heavy atom. The minimum atomic E-state index is -0.743. The Balaban J connectivity index is 1.89. The summed E-state index contributed by atoms with van der Waals surface area (Å²) in [5, 5.41) is 20.1. The van der Waals surface area contributed by atoms with E-state index in [1.807, 2.05) is 43.7 Å². The van der Waals surface area contributed by atoms with E-state index in [-0.39, 0.29) is 18.4 Å². The van der Waals surface area contributed by atoms with Crippen molar-refractivity contribution in [3.63, 3.8) is 0 Å². The molecule has 0 saturated heterocycles. The van der Waals surface area contributed by atoms with Gasteiger partial charge in [0.05, 0.1) is 12.6 Å². The minimum absolute atomic E-state index is 0.000917. The average molecular weight is 459 g/mol. The second-order valence-corrected chi connectivity index (χ2v) is 10.1. The first kappa shape index (κ1) is 25.0. The van der Waals surface area contributed by atoms with Crippen LogP contribution in [0.5, 0.6) is 5.75 Å². The first-order chi connectivity index (χ1) is 15.7. The maximum Gasteiger partial charge on any atom is 0.273 e. The van der Waals surface area contributed by atoms with Crippen molar-refractivity contribution in [2.24, 2.45) is 11.3 Å². The van der Waals surface area contributed by atoms with Gasteiger partial charge in [0.25, 0.3) is 5.91 Å². The molecule has 0 radical (unpaired) electrons. The van der Waals surface area contributed by atoms with E-state index < -0.39 is 11.5 Å². The number of aliphatic hydroxyl groups is 1. The fourth-order valence-electron chi connectivity index (χ4n) is 4.47. The van der Waals surface area contributed by atoms with Crippen molar-refractivity contribution in [3.8, 4) is 5.75 Å². The third-order valence-electron chi connectivity index (χ3n) is 6.37. The topological polar surface area (TPSA) is 105 Å². The number of hydrogen-bond acceptors (Lipinski definition) is 5. The summed E-state index contributed by atoms with van der Waals surface area (Å²) in [7, 11) is 1.60. The van der Waals surface area contributed by atoms with Gasteiger partial charge in [-0.15, -0.1) is 0 Å². The zero-order chi connectivity index (χ0) is 24.0. The predicted octanol–water partition coefficient (Wildman–Crippen LogP) is 3.27. The molecule has 1 atom stereocenters. The standard InChI is InChI=1S/C25H38N4O4/c1-25(2,3)22(24(32)26-13-8-14-30)27-23(31)21-19-15-18(33-4)11-12-20(19)29(28-21)16-17-9-6-5-7-10-17/h11-12,15,17,22,30H,5-10,13-14,16H2,1-4H3,(H,26,32)(H,27,31). The Kier molecular flexibility index (Phi) is 8.35. The van der Waals surface area contributed by atoms with Crippen LogP contribution < -0.4 is 15.4 Å². The highest BCUT2D eigenvalue weighted by Crippen LogP contribution is 2.29. The molecule has 3 rings (SSSR count). The Morgan fingerprint density at radius 1 is 1.24 bits per heavy atom. The highest BCUT2D eigenvalue weighted by Gasteiger charge is 2.34. The smallest absolute Gasteiger partial charge is 0.273 e. The molecule has 8 nitrogen and oxygen atoms in total. The minimum Gasteiger partial charge on any atom is -0.497 e. The summed E-state index contributed by atoms with van der Waals surface area (Å²) in [4.78, 5) is 26.2. The third-order valence-corrected chi connectivity index (χ3v) is 6.37. The highest BCUT2D eigenvalue weighted by atomic mass is 16.5. The normalized spacial score (nSPS) is 15.9. The van der Waals surface area contributed by atoms with Crippen molar-refractivity contribution >= 4 is 22.7 Å². The molecule has 1 aromatic heterocycles. The molecule has 1 aromatic carbocycles. The van der Waals surface area contributed by atoms with Crippen LogP contribution in [0.3, 0.4) is 0 Å². The number of carbonyl (C=O) groups excluding carboxylic acids is 2. The fraction of sp³-hybridized carbons (Fsp3) is 0.640. The number of benzene rings is 1. The first-order valence-corrected chi connectivity index (χ1v) is 12.0. The largest absolute Gasteiger partial charge is 0.497 e. The number of nitrogens with zero attached hydrogens (tertiary/aromatic N) is 2. The molecule has 3 N–H and O–H groups in total. The number of carbonyl (C=O) groups is 2. The summed E-state index contributed by atoms with van der Waals surface area (Å²) >= 11 is 0. The molecule has 33 heavy (non-hydrogen) atoms. The summed E-state index contributed by atoms with van der Waals surface area (Å²) in [5.41, 5.74) is 0.695. The van der Waals surface area contributed by atoms with E-state index in [2.05, 4.69) is 10.6 Å². The van der Waals surface area contributed by atoms with Gasteiger partial charge in [0.15, 0.2) is 5.69 Å². The van der Waals surface area contributed by atoms with Gasteiger partial charge in [-0.25, -0.2) is 0 Å². The molecule has 1 heterocycles. The highest BCUT2D eigenvalue weighted by molar-refractivity contribution is 6.06. The van der Waals surface area contributed by atoms with Gasteiger partial charge >= 0.3 is 0 Å². The Hall–Kier alpha value is -2.61. The number of rotatable bonds is 9. The van der Waals surface area contributed by atoms with E-state index in [4.69, 9.17) is 14.9 Å². The number of fused-ring (bicyclic) bond motifs is 1. The second kappa shape index (κ2) is 11.0. The van der Waals surface area contributed by atoms with Gasteiger partial charge in [0.1, 0.15) is 11.8 Å². The van der Waals surface area contributed by atoms with Crippen LogP contribution in [0.1, 0.15) is 69.8 Å². The van der Waals surface area contributed by atoms with Gasteiger partial charge in [-0.05, 0) is 48.8 Å². The second-order valence-electron chi connectivity index (χ2n) is 10.1. The lowest BCUT2D eigenvalue weighted by atomic mass is 9.86. The van der Waals surface area contributed by atoms with Crippen LogP contribution in [0, 0.1) is 11.3 Å². The molecule has 1 saturated carbocycles.